The second-order valence-electron chi connectivity index (χ2n) is 6.61. The molecule has 144 valence electrons. The SMILES string of the molecule is CCNc1nc(C)cc(N2CCC(NC(=O)c3cc(Cl)cc(Cl)c3)CC2)n1. The zero-order valence-electron chi connectivity index (χ0n) is 15.4. The monoisotopic (exact) mass is 407 g/mol. The fourth-order valence-electron chi connectivity index (χ4n) is 3.16. The first-order valence-corrected chi connectivity index (χ1v) is 9.81. The molecule has 8 heteroatoms. The highest BCUT2D eigenvalue weighted by molar-refractivity contribution is 6.35. The highest BCUT2D eigenvalue weighted by Crippen LogP contribution is 2.22. The Kier molecular flexibility index (Phi) is 6.39. The third kappa shape index (κ3) is 5.23. The lowest BCUT2D eigenvalue weighted by Gasteiger charge is -2.33. The van der Waals surface area contributed by atoms with Crippen LogP contribution in [0.15, 0.2) is 24.3 Å². The van der Waals surface area contributed by atoms with E-state index in [1.54, 1.807) is 18.2 Å². The van der Waals surface area contributed by atoms with Gasteiger partial charge >= 0.3 is 0 Å². The number of hydrogen-bond donors (Lipinski definition) is 2. The van der Waals surface area contributed by atoms with Crippen LogP contribution in [-0.2, 0) is 0 Å². The number of rotatable bonds is 5. The van der Waals surface area contributed by atoms with E-state index in [1.165, 1.54) is 0 Å². The Morgan fingerprint density at radius 1 is 1.15 bits per heavy atom. The number of piperidine rings is 1. The average molecular weight is 408 g/mol. The van der Waals surface area contributed by atoms with E-state index in [2.05, 4.69) is 25.5 Å². The van der Waals surface area contributed by atoms with E-state index in [0.717, 1.165) is 44.0 Å². The Bertz CT molecular complexity index is 801. The maximum Gasteiger partial charge on any atom is 0.251 e. The predicted octanol–water partition coefficient (Wildman–Crippen LogP) is 3.92. The number of amides is 1. The second-order valence-corrected chi connectivity index (χ2v) is 7.49. The van der Waals surface area contributed by atoms with Gasteiger partial charge in [0, 0.05) is 53.0 Å². The number of carbonyl (C=O) groups is 1. The number of nitrogens with one attached hydrogen (secondary N) is 2. The van der Waals surface area contributed by atoms with Gasteiger partial charge in [-0.3, -0.25) is 4.79 Å². The molecule has 0 radical (unpaired) electrons. The molecule has 1 aromatic heterocycles. The Morgan fingerprint density at radius 3 is 2.44 bits per heavy atom. The van der Waals surface area contributed by atoms with Gasteiger partial charge in [-0.2, -0.15) is 4.98 Å². The molecule has 1 aromatic carbocycles. The molecule has 0 unspecified atom stereocenters. The van der Waals surface area contributed by atoms with E-state index in [9.17, 15) is 4.79 Å². The van der Waals surface area contributed by atoms with E-state index in [0.29, 0.717) is 21.6 Å². The highest BCUT2D eigenvalue weighted by Gasteiger charge is 2.23. The molecule has 0 aliphatic carbocycles. The normalized spacial score (nSPS) is 14.9. The maximum absolute atomic E-state index is 12.5. The first-order valence-electron chi connectivity index (χ1n) is 9.06. The number of benzene rings is 1. The van der Waals surface area contributed by atoms with Crippen molar-refractivity contribution < 1.29 is 4.79 Å². The summed E-state index contributed by atoms with van der Waals surface area (Å²) in [6.07, 6.45) is 1.69. The van der Waals surface area contributed by atoms with E-state index < -0.39 is 0 Å². The van der Waals surface area contributed by atoms with Crippen molar-refractivity contribution in [2.24, 2.45) is 0 Å². The van der Waals surface area contributed by atoms with Gasteiger partial charge in [0.15, 0.2) is 0 Å². The summed E-state index contributed by atoms with van der Waals surface area (Å²) in [6, 6.07) is 6.98. The van der Waals surface area contributed by atoms with Crippen LogP contribution in [0.5, 0.6) is 0 Å². The molecule has 0 atom stereocenters. The molecule has 1 aliphatic heterocycles. The molecule has 0 saturated carbocycles. The summed E-state index contributed by atoms with van der Waals surface area (Å²) in [7, 11) is 0. The molecule has 27 heavy (non-hydrogen) atoms. The molecule has 3 rings (SSSR count). The van der Waals surface area contributed by atoms with Crippen molar-refractivity contribution in [1.82, 2.24) is 15.3 Å². The summed E-state index contributed by atoms with van der Waals surface area (Å²) in [5.41, 5.74) is 1.42. The Labute approximate surface area is 169 Å². The number of hydrogen-bond acceptors (Lipinski definition) is 5. The maximum atomic E-state index is 12.5. The summed E-state index contributed by atoms with van der Waals surface area (Å²) >= 11 is 12.0. The van der Waals surface area contributed by atoms with Crippen LogP contribution in [0.1, 0.15) is 35.8 Å². The van der Waals surface area contributed by atoms with Crippen LogP contribution in [-0.4, -0.2) is 41.6 Å². The van der Waals surface area contributed by atoms with Gasteiger partial charge < -0.3 is 15.5 Å². The number of halogens is 2. The topological polar surface area (TPSA) is 70.2 Å². The third-order valence-electron chi connectivity index (χ3n) is 4.45. The summed E-state index contributed by atoms with van der Waals surface area (Å²) in [5, 5.41) is 7.15. The quantitative estimate of drug-likeness (QED) is 0.785. The molecule has 0 bridgehead atoms. The number of carbonyl (C=O) groups excluding carboxylic acids is 1. The Hall–Kier alpha value is -2.05. The van der Waals surface area contributed by atoms with Crippen LogP contribution in [0.3, 0.4) is 0 Å². The van der Waals surface area contributed by atoms with E-state index in [1.807, 2.05) is 19.9 Å². The molecule has 1 saturated heterocycles. The van der Waals surface area contributed by atoms with Gasteiger partial charge in [-0.1, -0.05) is 23.2 Å². The molecule has 2 heterocycles. The summed E-state index contributed by atoms with van der Waals surface area (Å²) < 4.78 is 0. The molecular weight excluding hydrogens is 385 g/mol. The van der Waals surface area contributed by atoms with Gasteiger partial charge in [0.25, 0.3) is 5.91 Å². The molecular formula is C19H23Cl2N5O. The molecule has 1 aliphatic rings. The lowest BCUT2D eigenvalue weighted by atomic mass is 10.0. The van der Waals surface area contributed by atoms with E-state index in [-0.39, 0.29) is 11.9 Å². The number of aromatic nitrogens is 2. The smallest absolute Gasteiger partial charge is 0.251 e. The van der Waals surface area contributed by atoms with Crippen molar-refractivity contribution in [2.45, 2.75) is 32.7 Å². The molecule has 6 nitrogen and oxygen atoms in total. The van der Waals surface area contributed by atoms with Crippen molar-refractivity contribution in [2.75, 3.05) is 29.9 Å². The first-order chi connectivity index (χ1) is 12.9. The molecule has 1 amide bonds. The molecule has 2 aromatic rings. The minimum Gasteiger partial charge on any atom is -0.356 e. The largest absolute Gasteiger partial charge is 0.356 e. The summed E-state index contributed by atoms with van der Waals surface area (Å²) in [4.78, 5) is 23.7. The molecule has 2 N–H and O–H groups in total. The summed E-state index contributed by atoms with van der Waals surface area (Å²) in [6.45, 7) is 6.42. The average Bonchev–Trinajstić information content (AvgIpc) is 2.61. The fraction of sp³-hybridized carbons (Fsp3) is 0.421. The van der Waals surface area contributed by atoms with Crippen molar-refractivity contribution >= 4 is 40.9 Å². The van der Waals surface area contributed by atoms with E-state index in [4.69, 9.17) is 23.2 Å². The van der Waals surface area contributed by atoms with Crippen LogP contribution < -0.4 is 15.5 Å². The van der Waals surface area contributed by atoms with Gasteiger partial charge in [-0.05, 0) is 44.9 Å². The van der Waals surface area contributed by atoms with Crippen LogP contribution in [0, 0.1) is 6.92 Å². The lowest BCUT2D eigenvalue weighted by molar-refractivity contribution is 0.0931. The van der Waals surface area contributed by atoms with Gasteiger partial charge in [-0.25, -0.2) is 4.98 Å². The molecule has 1 fully saturated rings. The third-order valence-corrected chi connectivity index (χ3v) is 4.89. The van der Waals surface area contributed by atoms with Crippen molar-refractivity contribution in [3.63, 3.8) is 0 Å². The van der Waals surface area contributed by atoms with Crippen LogP contribution >= 0.6 is 23.2 Å². The van der Waals surface area contributed by atoms with Crippen molar-refractivity contribution in [3.05, 3.63) is 45.6 Å². The number of anilines is 2. The minimum atomic E-state index is -0.148. The number of aryl methyl sites for hydroxylation is 1. The van der Waals surface area contributed by atoms with Crippen molar-refractivity contribution in [3.8, 4) is 0 Å². The zero-order valence-corrected chi connectivity index (χ0v) is 16.9. The highest BCUT2D eigenvalue weighted by atomic mass is 35.5. The standard InChI is InChI=1S/C19H23Cl2N5O/c1-3-22-19-23-12(2)8-17(25-19)26-6-4-16(5-7-26)24-18(27)13-9-14(20)11-15(21)10-13/h8-11,16H,3-7H2,1-2H3,(H,24,27)(H,22,23,25). The predicted molar refractivity (Wildman–Crippen MR) is 110 cm³/mol. The minimum absolute atomic E-state index is 0.114. The summed E-state index contributed by atoms with van der Waals surface area (Å²) in [5.74, 6) is 1.43. The van der Waals surface area contributed by atoms with Gasteiger partial charge in [0.1, 0.15) is 5.82 Å². The number of nitrogens with zero attached hydrogens (tertiary/aromatic N) is 3. The van der Waals surface area contributed by atoms with Crippen LogP contribution in [0.4, 0.5) is 11.8 Å². The molecule has 0 spiro atoms. The van der Waals surface area contributed by atoms with Crippen LogP contribution in [0.25, 0.3) is 0 Å². The van der Waals surface area contributed by atoms with E-state index >= 15 is 0 Å². The Balaban J connectivity index is 1.59. The second kappa shape index (κ2) is 8.76. The lowest BCUT2D eigenvalue weighted by Crippen LogP contribution is -2.45. The first kappa shape index (κ1) is 19.7. The zero-order chi connectivity index (χ0) is 19.4. The van der Waals surface area contributed by atoms with Gasteiger partial charge in [-0.15, -0.1) is 0 Å². The van der Waals surface area contributed by atoms with Gasteiger partial charge in [0.05, 0.1) is 0 Å². The van der Waals surface area contributed by atoms with Crippen LogP contribution in [0.2, 0.25) is 10.0 Å². The fourth-order valence-corrected chi connectivity index (χ4v) is 3.68. The Morgan fingerprint density at radius 2 is 1.81 bits per heavy atom. The van der Waals surface area contributed by atoms with Gasteiger partial charge in [0.2, 0.25) is 5.95 Å². The van der Waals surface area contributed by atoms with Crippen molar-refractivity contribution in [1.29, 1.82) is 0 Å².